The molecule has 0 unspecified atom stereocenters. The van der Waals surface area contributed by atoms with Crippen molar-refractivity contribution in [3.8, 4) is 5.75 Å². The Hall–Kier alpha value is -2.56. The summed E-state index contributed by atoms with van der Waals surface area (Å²) >= 11 is 0. The van der Waals surface area contributed by atoms with Crippen LogP contribution in [0.25, 0.3) is 0 Å². The fourth-order valence-corrected chi connectivity index (χ4v) is 1.56. The Kier molecular flexibility index (Phi) is 4.55. The van der Waals surface area contributed by atoms with E-state index in [4.69, 9.17) is 9.15 Å². The Morgan fingerprint density at radius 1 is 1.20 bits per heavy atom. The van der Waals surface area contributed by atoms with Gasteiger partial charge in [0.05, 0.1) is 12.7 Å². The van der Waals surface area contributed by atoms with E-state index in [2.05, 4.69) is 5.32 Å². The third-order valence-electron chi connectivity index (χ3n) is 2.61. The molecule has 1 heterocycles. The molecule has 1 amide bonds. The summed E-state index contributed by atoms with van der Waals surface area (Å²) in [5, 5.41) is 2.58. The molecule has 0 atom stereocenters. The molecule has 20 heavy (non-hydrogen) atoms. The predicted octanol–water partition coefficient (Wildman–Crippen LogP) is 2.31. The smallest absolute Gasteiger partial charge is 0.312 e. The fourth-order valence-electron chi connectivity index (χ4n) is 1.56. The van der Waals surface area contributed by atoms with Crippen molar-refractivity contribution in [3.05, 3.63) is 54.0 Å². The second-order valence-electron chi connectivity index (χ2n) is 4.27. The van der Waals surface area contributed by atoms with Gasteiger partial charge in [-0.15, -0.1) is 0 Å². The standard InChI is InChI=1S/C15H15NO4/c1-11-4-6-12(7-5-11)20-14(17)8-9-16-15(18)13-3-2-10-19-13/h2-7,10H,8-9H2,1H3,(H,16,18). The lowest BCUT2D eigenvalue weighted by molar-refractivity contribution is -0.134. The monoisotopic (exact) mass is 273 g/mol. The molecule has 2 rings (SSSR count). The summed E-state index contributed by atoms with van der Waals surface area (Å²) in [5.74, 6) is -0.0263. The zero-order valence-corrected chi connectivity index (χ0v) is 11.1. The van der Waals surface area contributed by atoms with Gasteiger partial charge in [-0.05, 0) is 31.2 Å². The van der Waals surface area contributed by atoms with E-state index in [1.165, 1.54) is 6.26 Å². The normalized spacial score (nSPS) is 10.1. The molecule has 104 valence electrons. The summed E-state index contributed by atoms with van der Waals surface area (Å²) in [4.78, 5) is 23.1. The molecule has 0 aliphatic heterocycles. The van der Waals surface area contributed by atoms with Crippen LogP contribution >= 0.6 is 0 Å². The van der Waals surface area contributed by atoms with Gasteiger partial charge >= 0.3 is 5.97 Å². The molecule has 5 heteroatoms. The Bertz CT molecular complexity index is 572. The van der Waals surface area contributed by atoms with E-state index < -0.39 is 5.97 Å². The third kappa shape index (κ3) is 3.98. The minimum Gasteiger partial charge on any atom is -0.459 e. The summed E-state index contributed by atoms with van der Waals surface area (Å²) in [5.41, 5.74) is 1.09. The van der Waals surface area contributed by atoms with Crippen molar-refractivity contribution in [1.82, 2.24) is 5.32 Å². The molecule has 0 aliphatic carbocycles. The Morgan fingerprint density at radius 2 is 1.95 bits per heavy atom. The zero-order chi connectivity index (χ0) is 14.4. The van der Waals surface area contributed by atoms with Gasteiger partial charge in [0.25, 0.3) is 5.91 Å². The lowest BCUT2D eigenvalue weighted by Gasteiger charge is -2.05. The van der Waals surface area contributed by atoms with E-state index in [1.54, 1.807) is 24.3 Å². The molecule has 0 fully saturated rings. The van der Waals surface area contributed by atoms with Crippen molar-refractivity contribution in [2.24, 2.45) is 0 Å². The number of carbonyl (C=O) groups is 2. The van der Waals surface area contributed by atoms with Crippen LogP contribution in [0.1, 0.15) is 22.5 Å². The highest BCUT2D eigenvalue weighted by atomic mass is 16.5. The summed E-state index contributed by atoms with van der Waals surface area (Å²) in [6.07, 6.45) is 1.51. The number of aryl methyl sites for hydroxylation is 1. The molecule has 1 aromatic carbocycles. The van der Waals surface area contributed by atoms with E-state index in [9.17, 15) is 9.59 Å². The van der Waals surface area contributed by atoms with Gasteiger partial charge < -0.3 is 14.5 Å². The summed E-state index contributed by atoms with van der Waals surface area (Å²) < 4.78 is 10.1. The Labute approximate surface area is 116 Å². The van der Waals surface area contributed by atoms with Crippen LogP contribution in [0.3, 0.4) is 0 Å². The average molecular weight is 273 g/mol. The Morgan fingerprint density at radius 3 is 2.60 bits per heavy atom. The molecule has 5 nitrogen and oxygen atoms in total. The predicted molar refractivity (Wildman–Crippen MR) is 72.5 cm³/mol. The van der Waals surface area contributed by atoms with Crippen molar-refractivity contribution in [2.45, 2.75) is 13.3 Å². The first kappa shape index (κ1) is 13.9. The number of nitrogens with one attached hydrogen (secondary N) is 1. The minimum absolute atomic E-state index is 0.0975. The molecule has 0 saturated heterocycles. The van der Waals surface area contributed by atoms with Gasteiger partial charge in [-0.2, -0.15) is 0 Å². The third-order valence-corrected chi connectivity index (χ3v) is 2.61. The van der Waals surface area contributed by atoms with Crippen LogP contribution in [0.4, 0.5) is 0 Å². The minimum atomic E-state index is -0.395. The summed E-state index contributed by atoms with van der Waals surface area (Å²) in [7, 11) is 0. The number of carbonyl (C=O) groups excluding carboxylic acids is 2. The second kappa shape index (κ2) is 6.56. The van der Waals surface area contributed by atoms with E-state index in [-0.39, 0.29) is 24.6 Å². The molecular formula is C15H15NO4. The van der Waals surface area contributed by atoms with Crippen LogP contribution in [0, 0.1) is 6.92 Å². The summed E-state index contributed by atoms with van der Waals surface area (Å²) in [6, 6.07) is 10.4. The van der Waals surface area contributed by atoms with Crippen LogP contribution in [-0.2, 0) is 4.79 Å². The molecule has 2 aromatic rings. The van der Waals surface area contributed by atoms with Crippen molar-refractivity contribution in [3.63, 3.8) is 0 Å². The van der Waals surface area contributed by atoms with Crippen molar-refractivity contribution < 1.29 is 18.7 Å². The lowest BCUT2D eigenvalue weighted by Crippen LogP contribution is -2.26. The molecule has 0 radical (unpaired) electrons. The largest absolute Gasteiger partial charge is 0.459 e. The van der Waals surface area contributed by atoms with E-state index in [0.29, 0.717) is 5.75 Å². The van der Waals surface area contributed by atoms with Gasteiger partial charge in [0.1, 0.15) is 5.75 Å². The average Bonchev–Trinajstić information content (AvgIpc) is 2.95. The number of furan rings is 1. The number of ether oxygens (including phenoxy) is 1. The van der Waals surface area contributed by atoms with E-state index in [0.717, 1.165) is 5.56 Å². The number of benzene rings is 1. The van der Waals surface area contributed by atoms with Gasteiger partial charge in [0, 0.05) is 6.54 Å². The molecule has 0 saturated carbocycles. The molecule has 1 aromatic heterocycles. The molecule has 0 spiro atoms. The molecule has 0 bridgehead atoms. The van der Waals surface area contributed by atoms with Crippen LogP contribution < -0.4 is 10.1 Å². The second-order valence-corrected chi connectivity index (χ2v) is 4.27. The number of esters is 1. The van der Waals surface area contributed by atoms with Crippen LogP contribution in [0.2, 0.25) is 0 Å². The van der Waals surface area contributed by atoms with Crippen LogP contribution in [-0.4, -0.2) is 18.4 Å². The number of rotatable bonds is 5. The first-order valence-corrected chi connectivity index (χ1v) is 6.24. The number of hydrogen-bond acceptors (Lipinski definition) is 4. The summed E-state index contributed by atoms with van der Waals surface area (Å²) in [6.45, 7) is 2.15. The van der Waals surface area contributed by atoms with Crippen molar-refractivity contribution in [2.75, 3.05) is 6.54 Å². The quantitative estimate of drug-likeness (QED) is 0.670. The highest BCUT2D eigenvalue weighted by Gasteiger charge is 2.09. The molecule has 1 N–H and O–H groups in total. The van der Waals surface area contributed by atoms with Crippen molar-refractivity contribution in [1.29, 1.82) is 0 Å². The van der Waals surface area contributed by atoms with Gasteiger partial charge in [0.2, 0.25) is 0 Å². The number of amides is 1. The van der Waals surface area contributed by atoms with Crippen molar-refractivity contribution >= 4 is 11.9 Å². The van der Waals surface area contributed by atoms with Gasteiger partial charge in [0.15, 0.2) is 5.76 Å². The Balaban J connectivity index is 1.73. The first-order chi connectivity index (χ1) is 9.65. The maximum Gasteiger partial charge on any atom is 0.312 e. The van der Waals surface area contributed by atoms with E-state index >= 15 is 0 Å². The van der Waals surface area contributed by atoms with Crippen LogP contribution in [0.15, 0.2) is 47.1 Å². The molecular weight excluding hydrogens is 258 g/mol. The zero-order valence-electron chi connectivity index (χ0n) is 11.1. The highest BCUT2D eigenvalue weighted by molar-refractivity contribution is 5.91. The van der Waals surface area contributed by atoms with Gasteiger partial charge in [-0.1, -0.05) is 17.7 Å². The maximum absolute atomic E-state index is 11.6. The number of hydrogen-bond donors (Lipinski definition) is 1. The highest BCUT2D eigenvalue weighted by Crippen LogP contribution is 2.11. The van der Waals surface area contributed by atoms with E-state index in [1.807, 2.05) is 19.1 Å². The first-order valence-electron chi connectivity index (χ1n) is 6.24. The van der Waals surface area contributed by atoms with Gasteiger partial charge in [-0.3, -0.25) is 9.59 Å². The lowest BCUT2D eigenvalue weighted by atomic mass is 10.2. The maximum atomic E-state index is 11.6. The fraction of sp³-hybridized carbons (Fsp3) is 0.200. The van der Waals surface area contributed by atoms with Crippen LogP contribution in [0.5, 0.6) is 5.75 Å². The van der Waals surface area contributed by atoms with Gasteiger partial charge in [-0.25, -0.2) is 0 Å². The SMILES string of the molecule is Cc1ccc(OC(=O)CCNC(=O)c2ccco2)cc1. The topological polar surface area (TPSA) is 68.5 Å². The molecule has 0 aliphatic rings.